The Bertz CT molecular complexity index is 953. The molecule has 1 aliphatic rings. The van der Waals surface area contributed by atoms with Crippen molar-refractivity contribution in [3.05, 3.63) is 53.1 Å². The molecule has 0 unspecified atom stereocenters. The van der Waals surface area contributed by atoms with Gasteiger partial charge >= 0.3 is 0 Å². The standard InChI is InChI=1S/C25H35FN4O2/c1-17(2)22-16-21(28-30(22)25(3,4)5)24(32)29-14-11-19(12-15-29)23(31)27-13-10-18-8-6-7-9-20(18)26/h6-9,16-17,19H,10-15H2,1-5H3,(H,27,31). The minimum absolute atomic E-state index is 0.0208. The van der Waals surface area contributed by atoms with Gasteiger partial charge in [0.1, 0.15) is 5.82 Å². The molecule has 2 aromatic rings. The quantitative estimate of drug-likeness (QED) is 0.732. The van der Waals surface area contributed by atoms with E-state index >= 15 is 0 Å². The maximum absolute atomic E-state index is 13.7. The fourth-order valence-electron chi connectivity index (χ4n) is 4.12. The second-order valence-electron chi connectivity index (χ2n) is 9.89. The second-order valence-corrected chi connectivity index (χ2v) is 9.89. The Kier molecular flexibility index (Phi) is 7.36. The maximum atomic E-state index is 13.7. The van der Waals surface area contributed by atoms with Crippen LogP contribution in [0.1, 0.15) is 75.1 Å². The molecule has 7 heteroatoms. The Labute approximate surface area is 190 Å². The van der Waals surface area contributed by atoms with Crippen molar-refractivity contribution in [3.63, 3.8) is 0 Å². The van der Waals surface area contributed by atoms with Gasteiger partial charge in [-0.25, -0.2) is 4.39 Å². The monoisotopic (exact) mass is 442 g/mol. The van der Waals surface area contributed by atoms with Crippen molar-refractivity contribution in [2.45, 2.75) is 65.3 Å². The topological polar surface area (TPSA) is 67.2 Å². The van der Waals surface area contributed by atoms with E-state index in [-0.39, 0.29) is 35.0 Å². The van der Waals surface area contributed by atoms with Gasteiger partial charge < -0.3 is 10.2 Å². The Hall–Kier alpha value is -2.70. The van der Waals surface area contributed by atoms with E-state index in [1.807, 2.05) is 10.7 Å². The van der Waals surface area contributed by atoms with Crippen molar-refractivity contribution in [2.75, 3.05) is 19.6 Å². The van der Waals surface area contributed by atoms with Gasteiger partial charge in [0, 0.05) is 31.2 Å². The highest BCUT2D eigenvalue weighted by Crippen LogP contribution is 2.25. The number of aromatic nitrogens is 2. The summed E-state index contributed by atoms with van der Waals surface area (Å²) in [6.45, 7) is 11.9. The summed E-state index contributed by atoms with van der Waals surface area (Å²) in [6.07, 6.45) is 1.70. The summed E-state index contributed by atoms with van der Waals surface area (Å²) in [7, 11) is 0. The molecule has 2 amide bonds. The normalized spacial score (nSPS) is 15.3. The molecular weight excluding hydrogens is 407 g/mol. The zero-order valence-corrected chi connectivity index (χ0v) is 19.8. The van der Waals surface area contributed by atoms with Gasteiger partial charge in [-0.05, 0) is 63.6 Å². The molecule has 1 aliphatic heterocycles. The largest absolute Gasteiger partial charge is 0.356 e. The minimum Gasteiger partial charge on any atom is -0.356 e. The first kappa shape index (κ1) is 24.0. The molecule has 0 spiro atoms. The van der Waals surface area contributed by atoms with E-state index in [0.29, 0.717) is 50.2 Å². The molecule has 1 N–H and O–H groups in total. The van der Waals surface area contributed by atoms with Crippen LogP contribution in [0.3, 0.4) is 0 Å². The summed E-state index contributed by atoms with van der Waals surface area (Å²) >= 11 is 0. The molecule has 2 heterocycles. The summed E-state index contributed by atoms with van der Waals surface area (Å²) in [5, 5.41) is 7.54. The fourth-order valence-corrected chi connectivity index (χ4v) is 4.12. The molecule has 1 aromatic heterocycles. The predicted octanol–water partition coefficient (Wildman–Crippen LogP) is 4.11. The molecule has 0 atom stereocenters. The third-order valence-electron chi connectivity index (χ3n) is 5.99. The van der Waals surface area contributed by atoms with Gasteiger partial charge in [-0.3, -0.25) is 14.3 Å². The van der Waals surface area contributed by atoms with Crippen molar-refractivity contribution in [2.24, 2.45) is 5.92 Å². The zero-order chi connectivity index (χ0) is 23.5. The number of piperidine rings is 1. The maximum Gasteiger partial charge on any atom is 0.274 e. The zero-order valence-electron chi connectivity index (χ0n) is 19.8. The van der Waals surface area contributed by atoms with E-state index in [2.05, 4.69) is 45.0 Å². The number of hydrogen-bond acceptors (Lipinski definition) is 3. The van der Waals surface area contributed by atoms with Gasteiger partial charge in [0.15, 0.2) is 5.69 Å². The van der Waals surface area contributed by atoms with E-state index in [4.69, 9.17) is 0 Å². The van der Waals surface area contributed by atoms with Crippen molar-refractivity contribution in [1.29, 1.82) is 0 Å². The molecule has 174 valence electrons. The summed E-state index contributed by atoms with van der Waals surface area (Å²) < 4.78 is 15.7. The van der Waals surface area contributed by atoms with E-state index < -0.39 is 0 Å². The number of carbonyl (C=O) groups is 2. The minimum atomic E-state index is -0.247. The van der Waals surface area contributed by atoms with Crippen LogP contribution in [0.15, 0.2) is 30.3 Å². The molecule has 6 nitrogen and oxygen atoms in total. The van der Waals surface area contributed by atoms with Crippen LogP contribution < -0.4 is 5.32 Å². The number of hydrogen-bond donors (Lipinski definition) is 1. The van der Waals surface area contributed by atoms with Crippen LogP contribution in [0.5, 0.6) is 0 Å². The summed E-state index contributed by atoms with van der Waals surface area (Å²) in [4.78, 5) is 27.4. The molecule has 1 fully saturated rings. The summed E-state index contributed by atoms with van der Waals surface area (Å²) in [5.74, 6) is -0.205. The molecule has 0 saturated carbocycles. The highest BCUT2D eigenvalue weighted by atomic mass is 19.1. The fraction of sp³-hybridized carbons (Fsp3) is 0.560. The molecule has 32 heavy (non-hydrogen) atoms. The third kappa shape index (κ3) is 5.56. The summed E-state index contributed by atoms with van der Waals surface area (Å²) in [5.41, 5.74) is 1.91. The number of nitrogens with zero attached hydrogens (tertiary/aromatic N) is 3. The van der Waals surface area contributed by atoms with Gasteiger partial charge in [-0.2, -0.15) is 5.10 Å². The molecule has 3 rings (SSSR count). The Morgan fingerprint density at radius 2 is 1.84 bits per heavy atom. The van der Waals surface area contributed by atoms with E-state index in [9.17, 15) is 14.0 Å². The third-order valence-corrected chi connectivity index (χ3v) is 5.99. The average molecular weight is 443 g/mol. The predicted molar refractivity (Wildman–Crippen MR) is 123 cm³/mol. The average Bonchev–Trinajstić information content (AvgIpc) is 3.21. The number of benzene rings is 1. The smallest absolute Gasteiger partial charge is 0.274 e. The summed E-state index contributed by atoms with van der Waals surface area (Å²) in [6, 6.07) is 8.51. The van der Waals surface area contributed by atoms with Crippen molar-refractivity contribution in [1.82, 2.24) is 20.0 Å². The lowest BCUT2D eigenvalue weighted by molar-refractivity contribution is -0.126. The van der Waals surface area contributed by atoms with Crippen molar-refractivity contribution >= 4 is 11.8 Å². The lowest BCUT2D eigenvalue weighted by Gasteiger charge is -2.31. The Morgan fingerprint density at radius 3 is 2.41 bits per heavy atom. The molecule has 1 saturated heterocycles. The first-order valence-corrected chi connectivity index (χ1v) is 11.5. The van der Waals surface area contributed by atoms with Crippen LogP contribution in [0, 0.1) is 11.7 Å². The van der Waals surface area contributed by atoms with Crippen molar-refractivity contribution < 1.29 is 14.0 Å². The van der Waals surface area contributed by atoms with Crippen LogP contribution in [0.25, 0.3) is 0 Å². The van der Waals surface area contributed by atoms with Gasteiger partial charge in [-0.15, -0.1) is 0 Å². The van der Waals surface area contributed by atoms with Crippen LogP contribution in [-0.4, -0.2) is 46.1 Å². The van der Waals surface area contributed by atoms with Gasteiger partial charge in [0.2, 0.25) is 5.91 Å². The van der Waals surface area contributed by atoms with Crippen LogP contribution >= 0.6 is 0 Å². The number of amides is 2. The Balaban J connectivity index is 1.53. The number of rotatable bonds is 6. The second kappa shape index (κ2) is 9.84. The van der Waals surface area contributed by atoms with Gasteiger partial charge in [0.25, 0.3) is 5.91 Å². The number of nitrogens with one attached hydrogen (secondary N) is 1. The lowest BCUT2D eigenvalue weighted by Crippen LogP contribution is -2.43. The van der Waals surface area contributed by atoms with Gasteiger partial charge in [-0.1, -0.05) is 32.0 Å². The number of likely N-dealkylation sites (tertiary alicyclic amines) is 1. The van der Waals surface area contributed by atoms with E-state index in [0.717, 1.165) is 5.69 Å². The first-order chi connectivity index (χ1) is 15.1. The van der Waals surface area contributed by atoms with Crippen LogP contribution in [0.4, 0.5) is 4.39 Å². The van der Waals surface area contributed by atoms with Crippen LogP contribution in [0.2, 0.25) is 0 Å². The van der Waals surface area contributed by atoms with Crippen LogP contribution in [-0.2, 0) is 16.8 Å². The molecule has 1 aromatic carbocycles. The SMILES string of the molecule is CC(C)c1cc(C(=O)N2CCC(C(=O)NCCc3ccccc3F)CC2)nn1C(C)(C)C. The van der Waals surface area contributed by atoms with Gasteiger partial charge in [0.05, 0.1) is 5.54 Å². The highest BCUT2D eigenvalue weighted by Gasteiger charge is 2.30. The molecular formula is C25H35FN4O2. The lowest BCUT2D eigenvalue weighted by atomic mass is 9.95. The molecule has 0 radical (unpaired) electrons. The first-order valence-electron chi connectivity index (χ1n) is 11.5. The van der Waals surface area contributed by atoms with E-state index in [1.54, 1.807) is 23.1 Å². The Morgan fingerprint density at radius 1 is 1.19 bits per heavy atom. The molecule has 0 aliphatic carbocycles. The van der Waals surface area contributed by atoms with E-state index in [1.165, 1.54) is 6.07 Å². The number of carbonyl (C=O) groups excluding carboxylic acids is 2. The molecule has 0 bridgehead atoms. The highest BCUT2D eigenvalue weighted by molar-refractivity contribution is 5.92. The van der Waals surface area contributed by atoms with Crippen molar-refractivity contribution in [3.8, 4) is 0 Å². The number of halogens is 1.